The van der Waals surface area contributed by atoms with E-state index in [4.69, 9.17) is 0 Å². The molecule has 1 aliphatic rings. The van der Waals surface area contributed by atoms with E-state index in [0.717, 1.165) is 11.1 Å². The molecule has 1 aliphatic carbocycles. The van der Waals surface area contributed by atoms with Gasteiger partial charge in [-0.1, -0.05) is 97.9 Å². The van der Waals surface area contributed by atoms with Crippen LogP contribution < -0.4 is 0 Å². The van der Waals surface area contributed by atoms with Gasteiger partial charge in [-0.2, -0.15) is 0 Å². The lowest BCUT2D eigenvalue weighted by molar-refractivity contribution is 0.519. The van der Waals surface area contributed by atoms with Gasteiger partial charge in [-0.25, -0.2) is 0 Å². The van der Waals surface area contributed by atoms with Crippen molar-refractivity contribution >= 4 is 6.08 Å². The van der Waals surface area contributed by atoms with Crippen molar-refractivity contribution in [3.63, 3.8) is 0 Å². The molecule has 0 atom stereocenters. The van der Waals surface area contributed by atoms with Crippen LogP contribution in [-0.4, -0.2) is 0 Å². The van der Waals surface area contributed by atoms with Gasteiger partial charge in [0.05, 0.1) is 0 Å². The van der Waals surface area contributed by atoms with Crippen molar-refractivity contribution in [1.82, 2.24) is 0 Å². The maximum atomic E-state index is 3.34. The fourth-order valence-corrected chi connectivity index (χ4v) is 4.57. The molecule has 3 aromatic rings. The van der Waals surface area contributed by atoms with Crippen LogP contribution in [0, 0.1) is 11.8 Å². The maximum Gasteiger partial charge on any atom is 0.0249 e. The van der Waals surface area contributed by atoms with E-state index in [-0.39, 0.29) is 0 Å². The fourth-order valence-electron chi connectivity index (χ4n) is 4.57. The Hall–Kier alpha value is -3.04. The summed E-state index contributed by atoms with van der Waals surface area (Å²) in [5.41, 5.74) is 7.99. The zero-order chi connectivity index (χ0) is 22.0. The Labute approximate surface area is 194 Å². The molecule has 0 heteroatoms. The van der Waals surface area contributed by atoms with Gasteiger partial charge in [-0.3, -0.25) is 0 Å². The van der Waals surface area contributed by atoms with E-state index in [9.17, 15) is 0 Å². The molecule has 0 aromatic heterocycles. The van der Waals surface area contributed by atoms with Crippen molar-refractivity contribution in [1.29, 1.82) is 0 Å². The number of hydrogen-bond donors (Lipinski definition) is 0. The predicted octanol–water partition coefficient (Wildman–Crippen LogP) is 8.56. The van der Waals surface area contributed by atoms with Crippen molar-refractivity contribution in [2.24, 2.45) is 0 Å². The van der Waals surface area contributed by atoms with Crippen LogP contribution in [-0.2, 0) is 6.42 Å². The third-order valence-corrected chi connectivity index (χ3v) is 6.55. The highest BCUT2D eigenvalue weighted by Gasteiger charge is 2.18. The first-order chi connectivity index (χ1) is 15.8. The van der Waals surface area contributed by atoms with Gasteiger partial charge >= 0.3 is 0 Å². The van der Waals surface area contributed by atoms with E-state index in [2.05, 4.69) is 104 Å². The summed E-state index contributed by atoms with van der Waals surface area (Å²) in [6.45, 7) is 2.25. The first-order valence-corrected chi connectivity index (χ1v) is 12.3. The Bertz CT molecular complexity index is 1050. The summed E-state index contributed by atoms with van der Waals surface area (Å²) >= 11 is 0. The second-order valence-electron chi connectivity index (χ2n) is 9.01. The summed E-state index contributed by atoms with van der Waals surface area (Å²) in [7, 11) is 0. The van der Waals surface area contributed by atoms with Gasteiger partial charge in [-0.15, -0.1) is 0 Å². The highest BCUT2D eigenvalue weighted by Crippen LogP contribution is 2.36. The van der Waals surface area contributed by atoms with Crippen LogP contribution in [0.5, 0.6) is 0 Å². The summed E-state index contributed by atoms with van der Waals surface area (Å²) in [6.07, 6.45) is 12.3. The first-order valence-electron chi connectivity index (χ1n) is 12.3. The lowest BCUT2D eigenvalue weighted by atomic mass is 9.81. The molecular formula is C32H34. The predicted molar refractivity (Wildman–Crippen MR) is 138 cm³/mol. The first kappa shape index (κ1) is 22.2. The minimum atomic E-state index is 0.671. The van der Waals surface area contributed by atoms with E-state index in [1.165, 1.54) is 68.1 Å². The number of unbranched alkanes of at least 4 members (excludes halogenated alkanes) is 2. The Balaban J connectivity index is 1.31. The van der Waals surface area contributed by atoms with Gasteiger partial charge in [-0.05, 0) is 85.4 Å². The van der Waals surface area contributed by atoms with Crippen molar-refractivity contribution in [2.45, 2.75) is 64.2 Å². The smallest absolute Gasteiger partial charge is 0.0249 e. The molecule has 0 radical (unpaired) electrons. The van der Waals surface area contributed by atoms with E-state index in [0.29, 0.717) is 5.92 Å². The average molecular weight is 419 g/mol. The van der Waals surface area contributed by atoms with Crippen LogP contribution in [0.4, 0.5) is 0 Å². The van der Waals surface area contributed by atoms with E-state index >= 15 is 0 Å². The van der Waals surface area contributed by atoms with Crippen LogP contribution in [0.25, 0.3) is 6.08 Å². The fraction of sp³-hybridized carbons (Fsp3) is 0.312. The minimum absolute atomic E-state index is 0.671. The Morgan fingerprint density at radius 1 is 0.750 bits per heavy atom. The monoisotopic (exact) mass is 418 g/mol. The van der Waals surface area contributed by atoms with Gasteiger partial charge in [0.2, 0.25) is 0 Å². The average Bonchev–Trinajstić information content (AvgIpc) is 2.85. The molecule has 0 heterocycles. The van der Waals surface area contributed by atoms with Crippen molar-refractivity contribution in [3.8, 4) is 11.8 Å². The lowest BCUT2D eigenvalue weighted by Gasteiger charge is -2.24. The zero-order valence-corrected chi connectivity index (χ0v) is 19.3. The van der Waals surface area contributed by atoms with E-state index in [1.807, 2.05) is 0 Å². The Morgan fingerprint density at radius 2 is 1.38 bits per heavy atom. The molecule has 162 valence electrons. The molecule has 1 saturated carbocycles. The Morgan fingerprint density at radius 3 is 2.00 bits per heavy atom. The molecule has 0 nitrogen and oxygen atoms in total. The Kier molecular flexibility index (Phi) is 7.99. The molecule has 32 heavy (non-hydrogen) atoms. The summed E-state index contributed by atoms with van der Waals surface area (Å²) in [5, 5.41) is 0. The molecule has 0 amide bonds. The summed E-state index contributed by atoms with van der Waals surface area (Å²) in [6, 6.07) is 28.4. The third-order valence-electron chi connectivity index (χ3n) is 6.55. The lowest BCUT2D eigenvalue weighted by Crippen LogP contribution is -2.06. The van der Waals surface area contributed by atoms with Crippen molar-refractivity contribution in [2.75, 3.05) is 0 Å². The second-order valence-corrected chi connectivity index (χ2v) is 9.01. The summed E-state index contributed by atoms with van der Waals surface area (Å²) < 4.78 is 0. The number of allylic oxidation sites excluding steroid dienone is 1. The van der Waals surface area contributed by atoms with Crippen LogP contribution in [0.3, 0.4) is 0 Å². The topological polar surface area (TPSA) is 0 Å². The normalized spacial score (nSPS) is 15.7. The van der Waals surface area contributed by atoms with Gasteiger partial charge in [0, 0.05) is 11.1 Å². The molecule has 0 bridgehead atoms. The summed E-state index contributed by atoms with van der Waals surface area (Å²) in [5.74, 6) is 7.34. The molecule has 0 saturated heterocycles. The van der Waals surface area contributed by atoms with Crippen molar-refractivity contribution in [3.05, 3.63) is 112 Å². The third kappa shape index (κ3) is 6.48. The van der Waals surface area contributed by atoms with Gasteiger partial charge < -0.3 is 0 Å². The minimum Gasteiger partial charge on any atom is -0.0696 e. The maximum absolute atomic E-state index is 3.34. The number of hydrogen-bond acceptors (Lipinski definition) is 0. The van der Waals surface area contributed by atoms with Crippen LogP contribution in [0.1, 0.15) is 85.6 Å². The largest absolute Gasteiger partial charge is 0.0696 e. The van der Waals surface area contributed by atoms with Crippen molar-refractivity contribution < 1.29 is 0 Å². The quantitative estimate of drug-likeness (QED) is 0.278. The molecule has 0 spiro atoms. The van der Waals surface area contributed by atoms with Gasteiger partial charge in [0.15, 0.2) is 0 Å². The number of rotatable bonds is 6. The van der Waals surface area contributed by atoms with Crippen LogP contribution >= 0.6 is 0 Å². The molecule has 0 N–H and O–H groups in total. The molecule has 1 fully saturated rings. The van der Waals surface area contributed by atoms with E-state index < -0.39 is 0 Å². The number of aryl methyl sites for hydroxylation is 1. The van der Waals surface area contributed by atoms with Gasteiger partial charge in [0.25, 0.3) is 0 Å². The highest BCUT2D eigenvalue weighted by atomic mass is 14.2. The van der Waals surface area contributed by atoms with Crippen LogP contribution in [0.15, 0.2) is 84.4 Å². The zero-order valence-electron chi connectivity index (χ0n) is 19.3. The second kappa shape index (κ2) is 11.5. The molecule has 0 aliphatic heterocycles. The summed E-state index contributed by atoms with van der Waals surface area (Å²) in [4.78, 5) is 0. The van der Waals surface area contributed by atoms with Gasteiger partial charge in [0.1, 0.15) is 0 Å². The van der Waals surface area contributed by atoms with E-state index in [1.54, 1.807) is 5.57 Å². The molecular weight excluding hydrogens is 384 g/mol. The highest BCUT2D eigenvalue weighted by molar-refractivity contribution is 5.53. The number of benzene rings is 3. The standard InChI is InChI=1S/C32H34/c1-2-3-5-8-26-11-13-27(14-12-26)15-16-28-17-21-31(22-18-28)32-23-19-30(20-24-32)25-29-9-6-4-7-10-29/h4,6-7,9-14,17-18,21-22,25,32H,2-3,5,8,19-20,23-24H2,1H3. The van der Waals surface area contributed by atoms with Crippen LogP contribution in [0.2, 0.25) is 0 Å². The molecule has 3 aromatic carbocycles. The SMILES string of the molecule is CCCCCc1ccc(C#Cc2ccc(C3CCC(=Cc4ccccc4)CC3)cc2)cc1. The molecule has 0 unspecified atom stereocenters. The molecule has 4 rings (SSSR count).